The van der Waals surface area contributed by atoms with Crippen LogP contribution in [0.5, 0.6) is 0 Å². The monoisotopic (exact) mass is 300 g/mol. The zero-order chi connectivity index (χ0) is 15.5. The molecule has 0 radical (unpaired) electrons. The third-order valence-corrected chi connectivity index (χ3v) is 4.12. The van der Waals surface area contributed by atoms with Gasteiger partial charge in [0.15, 0.2) is 0 Å². The van der Waals surface area contributed by atoms with Crippen LogP contribution in [0.25, 0.3) is 11.0 Å². The Morgan fingerprint density at radius 2 is 2.00 bits per heavy atom. The molecule has 1 aromatic carbocycles. The first kappa shape index (κ1) is 14.7. The van der Waals surface area contributed by atoms with Crippen molar-refractivity contribution in [3.8, 4) is 0 Å². The molecule has 0 spiro atoms. The van der Waals surface area contributed by atoms with Crippen LogP contribution in [-0.4, -0.2) is 58.5 Å². The van der Waals surface area contributed by atoms with Crippen molar-refractivity contribution < 1.29 is 4.79 Å². The topological polar surface area (TPSA) is 58.4 Å². The Hall–Kier alpha value is -2.21. The summed E-state index contributed by atoms with van der Waals surface area (Å²) in [6.07, 6.45) is 2.25. The number of amides is 1. The van der Waals surface area contributed by atoms with Gasteiger partial charge in [-0.05, 0) is 32.1 Å². The van der Waals surface area contributed by atoms with Crippen molar-refractivity contribution in [2.45, 2.75) is 13.0 Å². The number of para-hydroxylation sites is 2. The van der Waals surface area contributed by atoms with Crippen LogP contribution < -0.4 is 5.56 Å². The van der Waals surface area contributed by atoms with Gasteiger partial charge in [0.25, 0.3) is 5.56 Å². The molecule has 0 saturated carbocycles. The molecule has 1 saturated heterocycles. The second-order valence-corrected chi connectivity index (χ2v) is 5.71. The molecule has 0 aliphatic carbocycles. The average Bonchev–Trinajstić information content (AvgIpc) is 2.75. The van der Waals surface area contributed by atoms with Crippen LogP contribution in [0.15, 0.2) is 35.3 Å². The number of carbonyl (C=O) groups is 1. The Morgan fingerprint density at radius 3 is 2.86 bits per heavy atom. The number of benzene rings is 1. The Kier molecular flexibility index (Phi) is 4.20. The summed E-state index contributed by atoms with van der Waals surface area (Å²) in [4.78, 5) is 32.8. The van der Waals surface area contributed by atoms with E-state index < -0.39 is 0 Å². The zero-order valence-corrected chi connectivity index (χ0v) is 12.7. The van der Waals surface area contributed by atoms with Crippen LogP contribution in [0.3, 0.4) is 0 Å². The van der Waals surface area contributed by atoms with Gasteiger partial charge in [-0.1, -0.05) is 12.1 Å². The lowest BCUT2D eigenvalue weighted by Gasteiger charge is -2.21. The van der Waals surface area contributed by atoms with Crippen LogP contribution >= 0.6 is 0 Å². The molecular formula is C16H20N4O2. The Balaban J connectivity index is 1.85. The highest BCUT2D eigenvalue weighted by molar-refractivity contribution is 5.80. The van der Waals surface area contributed by atoms with Crippen molar-refractivity contribution in [1.82, 2.24) is 19.4 Å². The number of likely N-dealkylation sites (N-methyl/N-ethyl adjacent to an activating group) is 1. The van der Waals surface area contributed by atoms with E-state index in [1.54, 1.807) is 0 Å². The van der Waals surface area contributed by atoms with E-state index in [0.717, 1.165) is 31.6 Å². The lowest BCUT2D eigenvalue weighted by Crippen LogP contribution is -2.38. The molecular weight excluding hydrogens is 280 g/mol. The fraction of sp³-hybridized carbons (Fsp3) is 0.438. The number of aromatic nitrogens is 2. The predicted octanol–water partition coefficient (Wildman–Crippen LogP) is 0.561. The van der Waals surface area contributed by atoms with E-state index in [1.165, 1.54) is 10.8 Å². The summed E-state index contributed by atoms with van der Waals surface area (Å²) in [5.41, 5.74) is 1.19. The molecule has 1 aliphatic rings. The fourth-order valence-corrected chi connectivity index (χ4v) is 2.81. The van der Waals surface area contributed by atoms with Crippen molar-refractivity contribution in [1.29, 1.82) is 0 Å². The van der Waals surface area contributed by atoms with Crippen molar-refractivity contribution in [3.05, 3.63) is 40.8 Å². The van der Waals surface area contributed by atoms with Crippen LogP contribution in [0.4, 0.5) is 0 Å². The molecule has 6 heteroatoms. The molecule has 0 bridgehead atoms. The molecule has 1 amide bonds. The molecule has 6 nitrogen and oxygen atoms in total. The molecule has 1 aliphatic heterocycles. The minimum atomic E-state index is -0.237. The lowest BCUT2D eigenvalue weighted by molar-refractivity contribution is -0.131. The highest BCUT2D eigenvalue weighted by Crippen LogP contribution is 2.09. The van der Waals surface area contributed by atoms with E-state index >= 15 is 0 Å². The first-order chi connectivity index (χ1) is 10.6. The second-order valence-electron chi connectivity index (χ2n) is 5.71. The van der Waals surface area contributed by atoms with Crippen LogP contribution in [-0.2, 0) is 11.3 Å². The standard InChI is InChI=1S/C16H20N4O2/c1-18-7-4-8-19(10-9-18)16(22)12-20-14-6-3-2-5-13(14)17-11-15(20)21/h2-3,5-6,11H,4,7-10,12H2,1H3. The maximum atomic E-state index is 12.6. The van der Waals surface area contributed by atoms with Gasteiger partial charge >= 0.3 is 0 Å². The minimum absolute atomic E-state index is 0.00578. The van der Waals surface area contributed by atoms with Gasteiger partial charge in [-0.25, -0.2) is 4.98 Å². The van der Waals surface area contributed by atoms with Gasteiger partial charge in [-0.3, -0.25) is 14.2 Å². The van der Waals surface area contributed by atoms with Crippen molar-refractivity contribution in [2.24, 2.45) is 0 Å². The van der Waals surface area contributed by atoms with E-state index in [9.17, 15) is 9.59 Å². The second kappa shape index (κ2) is 6.27. The Bertz CT molecular complexity index is 740. The molecule has 0 atom stereocenters. The van der Waals surface area contributed by atoms with Gasteiger partial charge in [0.05, 0.1) is 17.2 Å². The van der Waals surface area contributed by atoms with Crippen molar-refractivity contribution >= 4 is 16.9 Å². The Labute approximate surface area is 129 Å². The molecule has 2 heterocycles. The van der Waals surface area contributed by atoms with Crippen molar-refractivity contribution in [2.75, 3.05) is 33.2 Å². The van der Waals surface area contributed by atoms with Gasteiger partial charge in [-0.15, -0.1) is 0 Å². The minimum Gasteiger partial charge on any atom is -0.340 e. The molecule has 1 fully saturated rings. The fourth-order valence-electron chi connectivity index (χ4n) is 2.81. The third-order valence-electron chi connectivity index (χ3n) is 4.12. The molecule has 0 N–H and O–H groups in total. The summed E-state index contributed by atoms with van der Waals surface area (Å²) in [6, 6.07) is 7.39. The summed E-state index contributed by atoms with van der Waals surface area (Å²) < 4.78 is 1.51. The van der Waals surface area contributed by atoms with Gasteiger partial charge in [-0.2, -0.15) is 0 Å². The van der Waals surface area contributed by atoms with Gasteiger partial charge in [0, 0.05) is 19.6 Å². The van der Waals surface area contributed by atoms with E-state index in [-0.39, 0.29) is 18.0 Å². The Morgan fingerprint density at radius 1 is 1.18 bits per heavy atom. The van der Waals surface area contributed by atoms with E-state index in [1.807, 2.05) is 29.2 Å². The third kappa shape index (κ3) is 3.01. The van der Waals surface area contributed by atoms with Gasteiger partial charge in [0.2, 0.25) is 5.91 Å². The van der Waals surface area contributed by atoms with E-state index in [0.29, 0.717) is 12.1 Å². The summed E-state index contributed by atoms with van der Waals surface area (Å²) in [5.74, 6) is -0.00578. The average molecular weight is 300 g/mol. The molecule has 1 aromatic heterocycles. The highest BCUT2D eigenvalue weighted by Gasteiger charge is 2.18. The highest BCUT2D eigenvalue weighted by atomic mass is 16.2. The molecule has 0 unspecified atom stereocenters. The van der Waals surface area contributed by atoms with Gasteiger partial charge < -0.3 is 9.80 Å². The summed E-state index contributed by atoms with van der Waals surface area (Å²) in [6.45, 7) is 3.42. The van der Waals surface area contributed by atoms with Crippen LogP contribution in [0.1, 0.15) is 6.42 Å². The quantitative estimate of drug-likeness (QED) is 0.813. The maximum absolute atomic E-state index is 12.6. The van der Waals surface area contributed by atoms with Crippen LogP contribution in [0.2, 0.25) is 0 Å². The molecule has 22 heavy (non-hydrogen) atoms. The van der Waals surface area contributed by atoms with E-state index in [4.69, 9.17) is 0 Å². The number of rotatable bonds is 2. The number of hydrogen-bond donors (Lipinski definition) is 0. The summed E-state index contributed by atoms with van der Waals surface area (Å²) in [7, 11) is 2.06. The molecule has 3 rings (SSSR count). The van der Waals surface area contributed by atoms with Gasteiger partial charge in [0.1, 0.15) is 6.54 Å². The summed E-state index contributed by atoms with van der Waals surface area (Å²) >= 11 is 0. The SMILES string of the molecule is CN1CCCN(C(=O)Cn2c(=O)cnc3ccccc32)CC1. The molecule has 2 aromatic rings. The summed E-state index contributed by atoms with van der Waals surface area (Å²) in [5, 5.41) is 0. The smallest absolute Gasteiger partial charge is 0.269 e. The first-order valence-electron chi connectivity index (χ1n) is 7.56. The molecule has 116 valence electrons. The predicted molar refractivity (Wildman–Crippen MR) is 84.7 cm³/mol. The largest absolute Gasteiger partial charge is 0.340 e. The zero-order valence-electron chi connectivity index (χ0n) is 12.7. The maximum Gasteiger partial charge on any atom is 0.269 e. The number of hydrogen-bond acceptors (Lipinski definition) is 4. The number of fused-ring (bicyclic) bond motifs is 1. The van der Waals surface area contributed by atoms with E-state index in [2.05, 4.69) is 16.9 Å². The van der Waals surface area contributed by atoms with Crippen LogP contribution in [0, 0.1) is 0 Å². The van der Waals surface area contributed by atoms with Crippen molar-refractivity contribution in [3.63, 3.8) is 0 Å². The first-order valence-corrected chi connectivity index (χ1v) is 7.56. The normalized spacial score (nSPS) is 16.7. The number of nitrogens with zero attached hydrogens (tertiary/aromatic N) is 4. The lowest BCUT2D eigenvalue weighted by atomic mass is 10.3. The number of carbonyl (C=O) groups excluding carboxylic acids is 1.